The van der Waals surface area contributed by atoms with Crippen LogP contribution in [0.25, 0.3) is 11.4 Å². The van der Waals surface area contributed by atoms with E-state index in [1.54, 1.807) is 7.11 Å². The summed E-state index contributed by atoms with van der Waals surface area (Å²) in [6.07, 6.45) is 0.962. The Morgan fingerprint density at radius 1 is 1.39 bits per heavy atom. The number of nitrogens with one attached hydrogen (secondary N) is 1. The topological polar surface area (TPSA) is 58.1 Å². The van der Waals surface area contributed by atoms with Crippen LogP contribution < -0.4 is 4.74 Å². The van der Waals surface area contributed by atoms with Crippen LogP contribution in [-0.4, -0.2) is 22.2 Å². The molecule has 2 rings (SSSR count). The van der Waals surface area contributed by atoms with Gasteiger partial charge >= 0.3 is 0 Å². The first-order valence-corrected chi connectivity index (χ1v) is 6.03. The fourth-order valence-corrected chi connectivity index (χ4v) is 1.94. The minimum atomic E-state index is -0.0574. The Kier molecular flexibility index (Phi) is 3.67. The molecule has 18 heavy (non-hydrogen) atoms. The van der Waals surface area contributed by atoms with Crippen molar-refractivity contribution in [1.29, 1.82) is 0 Å². The highest BCUT2D eigenvalue weighted by Gasteiger charge is 2.12. The van der Waals surface area contributed by atoms with Crippen LogP contribution in [0.3, 0.4) is 0 Å². The van der Waals surface area contributed by atoms with Gasteiger partial charge in [0.25, 0.3) is 0 Å². The zero-order valence-corrected chi connectivity index (χ0v) is 10.9. The number of H-pyrrole nitrogens is 1. The standard InChI is InChI=1S/C14H18N2O2/c1-4-10-5-6-13(18-3)11(7-10)14-15-9(2)12(8-17)16-14/h5-7,17H,4,8H2,1-3H3,(H,15,16). The Bertz CT molecular complexity index is 547. The van der Waals surface area contributed by atoms with Crippen LogP contribution in [0.5, 0.6) is 5.75 Å². The van der Waals surface area contributed by atoms with Crippen LogP contribution in [0.4, 0.5) is 0 Å². The van der Waals surface area contributed by atoms with Gasteiger partial charge < -0.3 is 14.8 Å². The van der Waals surface area contributed by atoms with Crippen molar-refractivity contribution in [1.82, 2.24) is 9.97 Å². The summed E-state index contributed by atoms with van der Waals surface area (Å²) in [5, 5.41) is 9.19. The molecule has 1 heterocycles. The summed E-state index contributed by atoms with van der Waals surface area (Å²) in [5.41, 5.74) is 3.72. The van der Waals surface area contributed by atoms with Gasteiger partial charge in [-0.1, -0.05) is 13.0 Å². The van der Waals surface area contributed by atoms with Gasteiger partial charge in [0.2, 0.25) is 0 Å². The van der Waals surface area contributed by atoms with Gasteiger partial charge in [0, 0.05) is 5.69 Å². The number of nitrogens with zero attached hydrogens (tertiary/aromatic N) is 1. The van der Waals surface area contributed by atoms with Crippen LogP contribution in [0.2, 0.25) is 0 Å². The number of rotatable bonds is 4. The zero-order valence-electron chi connectivity index (χ0n) is 10.9. The highest BCUT2D eigenvalue weighted by molar-refractivity contribution is 5.65. The second-order valence-corrected chi connectivity index (χ2v) is 4.20. The molecule has 0 atom stereocenters. The molecule has 96 valence electrons. The predicted octanol–water partition coefficient (Wildman–Crippen LogP) is 2.45. The third-order valence-electron chi connectivity index (χ3n) is 3.06. The SMILES string of the molecule is CCc1ccc(OC)c(-c2nc(CO)c(C)[nH]2)c1. The van der Waals surface area contributed by atoms with E-state index >= 15 is 0 Å². The molecule has 0 aliphatic carbocycles. The quantitative estimate of drug-likeness (QED) is 0.871. The molecule has 1 aromatic carbocycles. The number of methoxy groups -OCH3 is 1. The number of aromatic nitrogens is 2. The zero-order chi connectivity index (χ0) is 13.1. The Balaban J connectivity index is 2.53. The molecule has 0 unspecified atom stereocenters. The van der Waals surface area contributed by atoms with Crippen molar-refractivity contribution < 1.29 is 9.84 Å². The first-order chi connectivity index (χ1) is 8.69. The lowest BCUT2D eigenvalue weighted by Gasteiger charge is -2.08. The van der Waals surface area contributed by atoms with E-state index in [0.717, 1.165) is 29.3 Å². The van der Waals surface area contributed by atoms with Crippen molar-refractivity contribution in [3.63, 3.8) is 0 Å². The van der Waals surface area contributed by atoms with Crippen LogP contribution in [0, 0.1) is 6.92 Å². The molecule has 0 radical (unpaired) electrons. The molecule has 0 saturated heterocycles. The maximum Gasteiger partial charge on any atom is 0.141 e. The summed E-state index contributed by atoms with van der Waals surface area (Å²) >= 11 is 0. The molecule has 0 fully saturated rings. The molecule has 0 amide bonds. The summed E-state index contributed by atoms with van der Waals surface area (Å²) in [6, 6.07) is 6.06. The smallest absolute Gasteiger partial charge is 0.141 e. The third-order valence-corrected chi connectivity index (χ3v) is 3.06. The predicted molar refractivity (Wildman–Crippen MR) is 70.6 cm³/mol. The Morgan fingerprint density at radius 2 is 2.17 bits per heavy atom. The maximum atomic E-state index is 9.19. The number of aromatic amines is 1. The van der Waals surface area contributed by atoms with Gasteiger partial charge in [0.05, 0.1) is 25.0 Å². The van der Waals surface area contributed by atoms with Crippen molar-refractivity contribution in [3.05, 3.63) is 35.2 Å². The summed E-state index contributed by atoms with van der Waals surface area (Å²) in [4.78, 5) is 7.58. The molecule has 0 bridgehead atoms. The molecule has 0 aliphatic rings. The van der Waals surface area contributed by atoms with Gasteiger partial charge in [-0.05, 0) is 31.0 Å². The summed E-state index contributed by atoms with van der Waals surface area (Å²) in [6.45, 7) is 3.95. The van der Waals surface area contributed by atoms with Crippen LogP contribution in [-0.2, 0) is 13.0 Å². The van der Waals surface area contributed by atoms with Crippen LogP contribution >= 0.6 is 0 Å². The van der Waals surface area contributed by atoms with Gasteiger partial charge in [-0.25, -0.2) is 4.98 Å². The van der Waals surface area contributed by atoms with E-state index in [1.807, 2.05) is 19.1 Å². The van der Waals surface area contributed by atoms with E-state index in [4.69, 9.17) is 4.74 Å². The van der Waals surface area contributed by atoms with E-state index in [9.17, 15) is 5.11 Å². The lowest BCUT2D eigenvalue weighted by atomic mass is 10.1. The minimum absolute atomic E-state index is 0.0574. The van der Waals surface area contributed by atoms with Crippen molar-refractivity contribution in [2.24, 2.45) is 0 Å². The largest absolute Gasteiger partial charge is 0.496 e. The molecule has 0 aliphatic heterocycles. The van der Waals surface area contributed by atoms with E-state index in [0.29, 0.717) is 5.69 Å². The number of aliphatic hydroxyl groups excluding tert-OH is 1. The monoisotopic (exact) mass is 246 g/mol. The Morgan fingerprint density at radius 3 is 2.72 bits per heavy atom. The number of hydrogen-bond donors (Lipinski definition) is 2. The van der Waals surface area contributed by atoms with Gasteiger partial charge in [-0.2, -0.15) is 0 Å². The second kappa shape index (κ2) is 5.23. The number of imidazole rings is 1. The molecule has 0 spiro atoms. The first kappa shape index (κ1) is 12.6. The number of aryl methyl sites for hydroxylation is 2. The molecular weight excluding hydrogens is 228 g/mol. The highest BCUT2D eigenvalue weighted by Crippen LogP contribution is 2.29. The van der Waals surface area contributed by atoms with E-state index in [1.165, 1.54) is 5.56 Å². The van der Waals surface area contributed by atoms with Crippen molar-refractivity contribution in [3.8, 4) is 17.1 Å². The molecule has 2 aromatic rings. The molecule has 4 heteroatoms. The maximum absolute atomic E-state index is 9.19. The summed E-state index contributed by atoms with van der Waals surface area (Å²) < 4.78 is 5.36. The first-order valence-electron chi connectivity index (χ1n) is 6.03. The molecular formula is C14H18N2O2. The van der Waals surface area contributed by atoms with Crippen molar-refractivity contribution in [2.75, 3.05) is 7.11 Å². The lowest BCUT2D eigenvalue weighted by Crippen LogP contribution is -1.92. The number of hydrogen-bond acceptors (Lipinski definition) is 3. The van der Waals surface area contributed by atoms with Gasteiger partial charge in [-0.15, -0.1) is 0 Å². The highest BCUT2D eigenvalue weighted by atomic mass is 16.5. The van der Waals surface area contributed by atoms with Gasteiger partial charge in [0.15, 0.2) is 0 Å². The average molecular weight is 246 g/mol. The molecule has 2 N–H and O–H groups in total. The van der Waals surface area contributed by atoms with Crippen LogP contribution in [0.1, 0.15) is 23.9 Å². The summed E-state index contributed by atoms with van der Waals surface area (Å²) in [7, 11) is 1.65. The lowest BCUT2D eigenvalue weighted by molar-refractivity contribution is 0.276. The van der Waals surface area contributed by atoms with Gasteiger partial charge in [-0.3, -0.25) is 0 Å². The Hall–Kier alpha value is -1.81. The third kappa shape index (κ3) is 2.24. The van der Waals surface area contributed by atoms with Crippen molar-refractivity contribution >= 4 is 0 Å². The number of ether oxygens (including phenoxy) is 1. The van der Waals surface area contributed by atoms with Crippen molar-refractivity contribution in [2.45, 2.75) is 26.9 Å². The normalized spacial score (nSPS) is 10.7. The number of aliphatic hydroxyl groups is 1. The average Bonchev–Trinajstić information content (AvgIpc) is 2.79. The minimum Gasteiger partial charge on any atom is -0.496 e. The molecule has 1 aromatic heterocycles. The second-order valence-electron chi connectivity index (χ2n) is 4.20. The van der Waals surface area contributed by atoms with E-state index in [-0.39, 0.29) is 6.61 Å². The summed E-state index contributed by atoms with van der Waals surface area (Å²) in [5.74, 6) is 1.52. The molecule has 4 nitrogen and oxygen atoms in total. The Labute approximate surface area is 107 Å². The van der Waals surface area contributed by atoms with Crippen LogP contribution in [0.15, 0.2) is 18.2 Å². The van der Waals surface area contributed by atoms with E-state index < -0.39 is 0 Å². The fourth-order valence-electron chi connectivity index (χ4n) is 1.94. The van der Waals surface area contributed by atoms with E-state index in [2.05, 4.69) is 23.0 Å². The molecule has 0 saturated carbocycles. The fraction of sp³-hybridized carbons (Fsp3) is 0.357. The number of benzene rings is 1. The van der Waals surface area contributed by atoms with Gasteiger partial charge in [0.1, 0.15) is 11.6 Å².